The molecule has 0 atom stereocenters. The molecule has 1 aromatic rings. The van der Waals surface area contributed by atoms with Crippen LogP contribution in [0.3, 0.4) is 0 Å². The number of amides is 1. The van der Waals surface area contributed by atoms with E-state index in [1.165, 1.54) is 0 Å². The summed E-state index contributed by atoms with van der Waals surface area (Å²) in [4.78, 5) is 14.2. The predicted molar refractivity (Wildman–Crippen MR) is 70.7 cm³/mol. The number of hydrogen-bond donors (Lipinski definition) is 2. The molecular weight excluding hydrogens is 228 g/mol. The number of hydrogen-bond acceptors (Lipinski definition) is 3. The number of aromatic amines is 1. The molecule has 1 aliphatic heterocycles. The lowest BCUT2D eigenvalue weighted by Crippen LogP contribution is -2.34. The first-order chi connectivity index (χ1) is 8.48. The number of carbonyl (C=O) groups is 1. The van der Waals surface area contributed by atoms with Gasteiger partial charge < -0.3 is 10.2 Å². The summed E-state index contributed by atoms with van der Waals surface area (Å²) in [6.07, 6.45) is 1.00. The molecule has 18 heavy (non-hydrogen) atoms. The standard InChI is InChI=1S/C13H22N4O/c1-13(2,3)11-9-10(15-16-11)12(18)17-7-4-5-14-6-8-17/h9,14H,4-8H2,1-3H3,(H,15,16). The van der Waals surface area contributed by atoms with E-state index in [1.54, 1.807) is 0 Å². The van der Waals surface area contributed by atoms with Crippen LogP contribution >= 0.6 is 0 Å². The molecule has 0 radical (unpaired) electrons. The van der Waals surface area contributed by atoms with E-state index in [1.807, 2.05) is 11.0 Å². The average Bonchev–Trinajstić information content (AvgIpc) is 2.65. The maximum Gasteiger partial charge on any atom is 0.274 e. The van der Waals surface area contributed by atoms with Crippen LogP contribution in [0.4, 0.5) is 0 Å². The Labute approximate surface area is 108 Å². The number of carbonyl (C=O) groups excluding carboxylic acids is 1. The van der Waals surface area contributed by atoms with Crippen LogP contribution < -0.4 is 5.32 Å². The van der Waals surface area contributed by atoms with E-state index >= 15 is 0 Å². The van der Waals surface area contributed by atoms with Gasteiger partial charge in [0.1, 0.15) is 5.69 Å². The Balaban J connectivity index is 2.10. The van der Waals surface area contributed by atoms with Crippen molar-refractivity contribution in [2.75, 3.05) is 26.2 Å². The van der Waals surface area contributed by atoms with Crippen molar-refractivity contribution in [3.05, 3.63) is 17.5 Å². The summed E-state index contributed by atoms with van der Waals surface area (Å²) in [5.74, 6) is 0.0328. The molecule has 5 heteroatoms. The second-order valence-electron chi connectivity index (χ2n) is 5.81. The average molecular weight is 250 g/mol. The summed E-state index contributed by atoms with van der Waals surface area (Å²) in [6.45, 7) is 9.72. The molecule has 100 valence electrons. The highest BCUT2D eigenvalue weighted by molar-refractivity contribution is 5.92. The molecule has 1 fully saturated rings. The van der Waals surface area contributed by atoms with Gasteiger partial charge in [-0.05, 0) is 19.0 Å². The SMILES string of the molecule is CC(C)(C)c1cc(C(=O)N2CCCNCC2)n[nH]1. The Morgan fingerprint density at radius 3 is 2.78 bits per heavy atom. The van der Waals surface area contributed by atoms with E-state index in [9.17, 15) is 4.79 Å². The summed E-state index contributed by atoms with van der Waals surface area (Å²) in [6, 6.07) is 1.88. The summed E-state index contributed by atoms with van der Waals surface area (Å²) in [7, 11) is 0. The van der Waals surface area contributed by atoms with Gasteiger partial charge in [-0.1, -0.05) is 20.8 Å². The number of nitrogens with one attached hydrogen (secondary N) is 2. The Hall–Kier alpha value is -1.36. The van der Waals surface area contributed by atoms with Crippen molar-refractivity contribution in [3.8, 4) is 0 Å². The molecular formula is C13H22N4O. The van der Waals surface area contributed by atoms with Crippen molar-refractivity contribution in [1.29, 1.82) is 0 Å². The van der Waals surface area contributed by atoms with Gasteiger partial charge in [0, 0.05) is 30.7 Å². The van der Waals surface area contributed by atoms with Gasteiger partial charge >= 0.3 is 0 Å². The number of rotatable bonds is 1. The van der Waals surface area contributed by atoms with E-state index in [4.69, 9.17) is 0 Å². The monoisotopic (exact) mass is 250 g/mol. The minimum atomic E-state index is -0.00806. The van der Waals surface area contributed by atoms with Crippen molar-refractivity contribution in [2.24, 2.45) is 0 Å². The Kier molecular flexibility index (Phi) is 3.71. The van der Waals surface area contributed by atoms with E-state index in [0.717, 1.165) is 38.3 Å². The van der Waals surface area contributed by atoms with Crippen LogP contribution in [-0.2, 0) is 5.41 Å². The zero-order valence-corrected chi connectivity index (χ0v) is 11.4. The highest BCUT2D eigenvalue weighted by atomic mass is 16.2. The third-order valence-electron chi connectivity index (χ3n) is 3.23. The van der Waals surface area contributed by atoms with Crippen molar-refractivity contribution in [1.82, 2.24) is 20.4 Å². The van der Waals surface area contributed by atoms with Gasteiger partial charge in [0.25, 0.3) is 5.91 Å². The second kappa shape index (κ2) is 5.10. The molecule has 0 unspecified atom stereocenters. The van der Waals surface area contributed by atoms with Crippen LogP contribution in [0.1, 0.15) is 43.4 Å². The molecule has 2 rings (SSSR count). The van der Waals surface area contributed by atoms with Crippen LogP contribution in [0.15, 0.2) is 6.07 Å². The first-order valence-electron chi connectivity index (χ1n) is 6.54. The highest BCUT2D eigenvalue weighted by Gasteiger charge is 2.23. The molecule has 0 bridgehead atoms. The first kappa shape index (κ1) is 13.1. The van der Waals surface area contributed by atoms with Crippen LogP contribution in [0.25, 0.3) is 0 Å². The smallest absolute Gasteiger partial charge is 0.274 e. The largest absolute Gasteiger partial charge is 0.336 e. The Bertz CT molecular complexity index is 411. The quantitative estimate of drug-likeness (QED) is 0.786. The maximum absolute atomic E-state index is 12.3. The van der Waals surface area contributed by atoms with Crippen molar-refractivity contribution in [2.45, 2.75) is 32.6 Å². The zero-order valence-electron chi connectivity index (χ0n) is 11.4. The van der Waals surface area contributed by atoms with Gasteiger partial charge in [0.2, 0.25) is 0 Å². The van der Waals surface area contributed by atoms with E-state index in [2.05, 4.69) is 36.3 Å². The van der Waals surface area contributed by atoms with Gasteiger partial charge in [-0.3, -0.25) is 9.89 Å². The molecule has 1 aromatic heterocycles. The van der Waals surface area contributed by atoms with Crippen molar-refractivity contribution < 1.29 is 4.79 Å². The molecule has 0 saturated carbocycles. The predicted octanol–water partition coefficient (Wildman–Crippen LogP) is 1.14. The topological polar surface area (TPSA) is 61.0 Å². The van der Waals surface area contributed by atoms with E-state index in [-0.39, 0.29) is 11.3 Å². The summed E-state index contributed by atoms with van der Waals surface area (Å²) >= 11 is 0. The molecule has 1 saturated heterocycles. The van der Waals surface area contributed by atoms with Gasteiger partial charge in [0.05, 0.1) is 0 Å². The third kappa shape index (κ3) is 2.90. The van der Waals surface area contributed by atoms with Crippen LogP contribution in [-0.4, -0.2) is 47.2 Å². The fourth-order valence-electron chi connectivity index (χ4n) is 2.03. The lowest BCUT2D eigenvalue weighted by atomic mass is 9.92. The zero-order chi connectivity index (χ0) is 13.2. The van der Waals surface area contributed by atoms with Gasteiger partial charge in [-0.15, -0.1) is 0 Å². The molecule has 2 N–H and O–H groups in total. The fourth-order valence-corrected chi connectivity index (χ4v) is 2.03. The number of H-pyrrole nitrogens is 1. The molecule has 0 aromatic carbocycles. The molecule has 5 nitrogen and oxygen atoms in total. The summed E-state index contributed by atoms with van der Waals surface area (Å²) in [5, 5.41) is 10.4. The highest BCUT2D eigenvalue weighted by Crippen LogP contribution is 2.20. The molecule has 2 heterocycles. The van der Waals surface area contributed by atoms with Crippen LogP contribution in [0.5, 0.6) is 0 Å². The number of aromatic nitrogens is 2. The Morgan fingerprint density at radius 1 is 1.33 bits per heavy atom. The molecule has 1 amide bonds. The second-order valence-corrected chi connectivity index (χ2v) is 5.81. The minimum absolute atomic E-state index is 0.00806. The lowest BCUT2D eigenvalue weighted by molar-refractivity contribution is 0.0760. The third-order valence-corrected chi connectivity index (χ3v) is 3.23. The van der Waals surface area contributed by atoms with Crippen molar-refractivity contribution >= 4 is 5.91 Å². The summed E-state index contributed by atoms with van der Waals surface area (Å²) < 4.78 is 0. The molecule has 0 spiro atoms. The van der Waals surface area contributed by atoms with Crippen LogP contribution in [0, 0.1) is 0 Å². The molecule has 0 aliphatic carbocycles. The Morgan fingerprint density at radius 2 is 2.11 bits per heavy atom. The van der Waals surface area contributed by atoms with Gasteiger partial charge in [-0.2, -0.15) is 5.10 Å². The lowest BCUT2D eigenvalue weighted by Gasteiger charge is -2.18. The van der Waals surface area contributed by atoms with E-state index in [0.29, 0.717) is 5.69 Å². The summed E-state index contributed by atoms with van der Waals surface area (Å²) in [5.41, 5.74) is 1.52. The number of nitrogens with zero attached hydrogens (tertiary/aromatic N) is 2. The normalized spacial score (nSPS) is 17.6. The first-order valence-corrected chi connectivity index (χ1v) is 6.54. The molecule has 1 aliphatic rings. The van der Waals surface area contributed by atoms with Crippen molar-refractivity contribution in [3.63, 3.8) is 0 Å². The maximum atomic E-state index is 12.3. The van der Waals surface area contributed by atoms with Gasteiger partial charge in [0.15, 0.2) is 0 Å². The van der Waals surface area contributed by atoms with E-state index < -0.39 is 0 Å². The van der Waals surface area contributed by atoms with Gasteiger partial charge in [-0.25, -0.2) is 0 Å². The fraction of sp³-hybridized carbons (Fsp3) is 0.692. The van der Waals surface area contributed by atoms with Crippen LogP contribution in [0.2, 0.25) is 0 Å². The minimum Gasteiger partial charge on any atom is -0.336 e.